The van der Waals surface area contributed by atoms with Gasteiger partial charge in [-0.3, -0.25) is 0 Å². The Morgan fingerprint density at radius 3 is 2.25 bits per heavy atom. The molecule has 0 unspecified atom stereocenters. The number of hydrogen-bond donors (Lipinski definition) is 2. The molecule has 0 saturated heterocycles. The van der Waals surface area contributed by atoms with Crippen molar-refractivity contribution in [2.24, 2.45) is 11.5 Å². The van der Waals surface area contributed by atoms with Gasteiger partial charge in [0, 0.05) is 13.1 Å². The van der Waals surface area contributed by atoms with Crippen molar-refractivity contribution in [2.75, 3.05) is 13.1 Å². The lowest BCUT2D eigenvalue weighted by Crippen LogP contribution is -2.54. The number of carbonyl (C=O) groups is 1. The fourth-order valence-corrected chi connectivity index (χ4v) is 1.04. The molecule has 2 amide bonds. The molecule has 0 aromatic carbocycles. The maximum Gasteiger partial charge on any atom is 0.315 e. The highest BCUT2D eigenvalue weighted by molar-refractivity contribution is 5.72. The monoisotopic (exact) mass is 173 g/mol. The molecule has 0 rings (SSSR count). The van der Waals surface area contributed by atoms with Gasteiger partial charge in [-0.1, -0.05) is 6.92 Å². The molecular formula is C8H19N3O. The Balaban J connectivity index is 4.38. The highest BCUT2D eigenvalue weighted by atomic mass is 16.2. The fourth-order valence-electron chi connectivity index (χ4n) is 1.04. The fraction of sp³-hybridized carbons (Fsp3) is 0.875. The molecule has 4 heteroatoms. The Labute approximate surface area is 73.9 Å². The molecule has 0 radical (unpaired) electrons. The highest BCUT2D eigenvalue weighted by Crippen LogP contribution is 2.12. The normalized spacial score (nSPS) is 11.3. The highest BCUT2D eigenvalue weighted by Gasteiger charge is 2.26. The van der Waals surface area contributed by atoms with Crippen LogP contribution in [0.4, 0.5) is 4.79 Å². The van der Waals surface area contributed by atoms with Crippen molar-refractivity contribution < 1.29 is 4.79 Å². The molecule has 0 saturated carbocycles. The molecule has 4 nitrogen and oxygen atoms in total. The minimum absolute atomic E-state index is 0.332. The van der Waals surface area contributed by atoms with Gasteiger partial charge in [0.25, 0.3) is 0 Å². The van der Waals surface area contributed by atoms with Gasteiger partial charge in [0.05, 0.1) is 5.54 Å². The van der Waals surface area contributed by atoms with Crippen LogP contribution in [0, 0.1) is 0 Å². The summed E-state index contributed by atoms with van der Waals surface area (Å²) in [6.45, 7) is 6.92. The first-order valence-electron chi connectivity index (χ1n) is 4.23. The Morgan fingerprint density at radius 1 is 1.50 bits per heavy atom. The minimum atomic E-state index is -0.396. The van der Waals surface area contributed by atoms with Crippen LogP contribution in [0.1, 0.15) is 27.2 Å². The largest absolute Gasteiger partial charge is 0.351 e. The number of nitrogens with two attached hydrogens (primary N) is 2. The predicted molar refractivity (Wildman–Crippen MR) is 49.7 cm³/mol. The Bertz CT molecular complexity index is 156. The third-order valence-electron chi connectivity index (χ3n) is 1.94. The summed E-state index contributed by atoms with van der Waals surface area (Å²) in [4.78, 5) is 12.6. The standard InChI is InChI=1S/C8H19N3O/c1-4-5-11(7(10)12)8(2,3)6-9/h4-6,9H2,1-3H3,(H2,10,12). The van der Waals surface area contributed by atoms with E-state index in [4.69, 9.17) is 11.5 Å². The summed E-state index contributed by atoms with van der Waals surface area (Å²) in [5, 5.41) is 0. The van der Waals surface area contributed by atoms with Crippen LogP contribution in [0.3, 0.4) is 0 Å². The van der Waals surface area contributed by atoms with E-state index in [-0.39, 0.29) is 5.54 Å². The third kappa shape index (κ3) is 2.70. The lowest BCUT2D eigenvalue weighted by molar-refractivity contribution is 0.147. The maximum absolute atomic E-state index is 11.0. The van der Waals surface area contributed by atoms with Crippen LogP contribution >= 0.6 is 0 Å². The molecule has 0 aliphatic rings. The van der Waals surface area contributed by atoms with E-state index in [9.17, 15) is 4.79 Å². The van der Waals surface area contributed by atoms with E-state index in [1.807, 2.05) is 20.8 Å². The van der Waals surface area contributed by atoms with Crippen molar-refractivity contribution >= 4 is 6.03 Å². The minimum Gasteiger partial charge on any atom is -0.351 e. The number of hydrogen-bond acceptors (Lipinski definition) is 2. The maximum atomic E-state index is 11.0. The van der Waals surface area contributed by atoms with E-state index in [0.29, 0.717) is 13.1 Å². The van der Waals surface area contributed by atoms with E-state index in [2.05, 4.69) is 0 Å². The summed E-state index contributed by atoms with van der Waals surface area (Å²) in [5.41, 5.74) is 10.4. The molecule has 0 aliphatic heterocycles. The van der Waals surface area contributed by atoms with Gasteiger partial charge in [-0.05, 0) is 20.3 Å². The molecule has 72 valence electrons. The van der Waals surface area contributed by atoms with E-state index in [1.54, 1.807) is 4.90 Å². The van der Waals surface area contributed by atoms with Gasteiger partial charge in [-0.2, -0.15) is 0 Å². The summed E-state index contributed by atoms with van der Waals surface area (Å²) in [5.74, 6) is 0. The van der Waals surface area contributed by atoms with Crippen molar-refractivity contribution in [3.8, 4) is 0 Å². The first-order valence-corrected chi connectivity index (χ1v) is 4.23. The Kier molecular flexibility index (Phi) is 4.03. The number of amides is 2. The number of carbonyl (C=O) groups excluding carboxylic acids is 1. The van der Waals surface area contributed by atoms with E-state index < -0.39 is 6.03 Å². The smallest absolute Gasteiger partial charge is 0.315 e. The first kappa shape index (κ1) is 11.2. The van der Waals surface area contributed by atoms with Gasteiger partial charge in [-0.15, -0.1) is 0 Å². The second-order valence-electron chi connectivity index (χ2n) is 3.51. The molecule has 12 heavy (non-hydrogen) atoms. The Hall–Kier alpha value is -0.770. The van der Waals surface area contributed by atoms with Crippen LogP contribution in [0.15, 0.2) is 0 Å². The van der Waals surface area contributed by atoms with Crippen molar-refractivity contribution in [2.45, 2.75) is 32.7 Å². The molecule has 0 fully saturated rings. The van der Waals surface area contributed by atoms with Gasteiger partial charge >= 0.3 is 6.03 Å². The van der Waals surface area contributed by atoms with E-state index >= 15 is 0 Å². The number of urea groups is 1. The first-order chi connectivity index (χ1) is 5.45. The van der Waals surface area contributed by atoms with Crippen molar-refractivity contribution in [3.63, 3.8) is 0 Å². The van der Waals surface area contributed by atoms with Crippen LogP contribution in [0.25, 0.3) is 0 Å². The van der Waals surface area contributed by atoms with E-state index in [0.717, 1.165) is 6.42 Å². The molecule has 0 atom stereocenters. The SMILES string of the molecule is CCCN(C(N)=O)C(C)(C)CN. The lowest BCUT2D eigenvalue weighted by Gasteiger charge is -2.36. The molecule has 0 aromatic heterocycles. The zero-order valence-corrected chi connectivity index (χ0v) is 8.13. The quantitative estimate of drug-likeness (QED) is 0.650. The predicted octanol–water partition coefficient (Wildman–Crippen LogP) is 0.514. The van der Waals surface area contributed by atoms with Gasteiger partial charge < -0.3 is 16.4 Å². The van der Waals surface area contributed by atoms with Crippen molar-refractivity contribution in [1.82, 2.24) is 4.90 Å². The number of nitrogens with zero attached hydrogens (tertiary/aromatic N) is 1. The number of rotatable bonds is 4. The van der Waals surface area contributed by atoms with Crippen LogP contribution in [0.5, 0.6) is 0 Å². The molecule has 0 bridgehead atoms. The van der Waals surface area contributed by atoms with Gasteiger partial charge in [0.15, 0.2) is 0 Å². The van der Waals surface area contributed by atoms with Crippen molar-refractivity contribution in [1.29, 1.82) is 0 Å². The molecule has 0 aromatic rings. The van der Waals surface area contributed by atoms with Crippen LogP contribution in [0.2, 0.25) is 0 Å². The summed E-state index contributed by atoms with van der Waals surface area (Å²) in [6, 6.07) is -0.396. The average Bonchev–Trinajstić information content (AvgIpc) is 1.99. The summed E-state index contributed by atoms with van der Waals surface area (Å²) in [6.07, 6.45) is 0.895. The van der Waals surface area contributed by atoms with Crippen LogP contribution in [-0.4, -0.2) is 29.6 Å². The van der Waals surface area contributed by atoms with Crippen molar-refractivity contribution in [3.05, 3.63) is 0 Å². The third-order valence-corrected chi connectivity index (χ3v) is 1.94. The molecule has 0 aliphatic carbocycles. The Morgan fingerprint density at radius 2 is 2.00 bits per heavy atom. The zero-order valence-electron chi connectivity index (χ0n) is 8.13. The van der Waals surface area contributed by atoms with Gasteiger partial charge in [-0.25, -0.2) is 4.79 Å². The average molecular weight is 173 g/mol. The second-order valence-corrected chi connectivity index (χ2v) is 3.51. The zero-order chi connectivity index (χ0) is 9.78. The van der Waals surface area contributed by atoms with Crippen LogP contribution < -0.4 is 11.5 Å². The molecule has 4 N–H and O–H groups in total. The topological polar surface area (TPSA) is 72.3 Å². The summed E-state index contributed by atoms with van der Waals surface area (Å²) < 4.78 is 0. The second kappa shape index (κ2) is 4.30. The summed E-state index contributed by atoms with van der Waals surface area (Å²) in [7, 11) is 0. The summed E-state index contributed by atoms with van der Waals surface area (Å²) >= 11 is 0. The lowest BCUT2D eigenvalue weighted by atomic mass is 10.0. The van der Waals surface area contributed by atoms with Gasteiger partial charge in [0.1, 0.15) is 0 Å². The number of primary amides is 1. The molecule has 0 heterocycles. The van der Waals surface area contributed by atoms with E-state index in [1.165, 1.54) is 0 Å². The molecule has 0 spiro atoms. The van der Waals surface area contributed by atoms with Gasteiger partial charge in [0.2, 0.25) is 0 Å². The molecular weight excluding hydrogens is 154 g/mol. The van der Waals surface area contributed by atoms with Crippen LogP contribution in [-0.2, 0) is 0 Å².